The number of nitrogens with zero attached hydrogens (tertiary/aromatic N) is 1. The molecule has 8 heteroatoms. The number of phenols is 1. The van der Waals surface area contributed by atoms with E-state index in [1.165, 1.54) is 6.07 Å². The van der Waals surface area contributed by atoms with Crippen LogP contribution in [0.4, 0.5) is 13.2 Å². The minimum absolute atomic E-state index is 0. The maximum atomic E-state index is 13.1. The fraction of sp³-hybridized carbons (Fsp3) is 0.412. The molecule has 3 rings (SSSR count). The summed E-state index contributed by atoms with van der Waals surface area (Å²) in [5.41, 5.74) is 0.623. The molecular formula is C17H21Cl2F3N2O. The first-order valence-corrected chi connectivity index (χ1v) is 7.68. The van der Waals surface area contributed by atoms with Crippen molar-refractivity contribution in [3.8, 4) is 5.75 Å². The Hall–Kier alpha value is -1.21. The van der Waals surface area contributed by atoms with Gasteiger partial charge in [-0.25, -0.2) is 0 Å². The molecule has 1 atom stereocenters. The normalized spacial score (nSPS) is 16.8. The molecule has 25 heavy (non-hydrogen) atoms. The van der Waals surface area contributed by atoms with Gasteiger partial charge in [0.05, 0.1) is 6.42 Å². The van der Waals surface area contributed by atoms with Crippen molar-refractivity contribution in [1.82, 2.24) is 10.2 Å². The Kier molecular flexibility index (Phi) is 7.81. The van der Waals surface area contributed by atoms with E-state index in [1.54, 1.807) is 30.3 Å². The molecule has 0 amide bonds. The van der Waals surface area contributed by atoms with E-state index in [1.807, 2.05) is 4.90 Å². The van der Waals surface area contributed by atoms with Gasteiger partial charge in [0, 0.05) is 37.6 Å². The van der Waals surface area contributed by atoms with Crippen LogP contribution < -0.4 is 5.32 Å². The number of fused-ring (bicyclic) bond motifs is 1. The summed E-state index contributed by atoms with van der Waals surface area (Å²) in [4.78, 5) is 1.88. The van der Waals surface area contributed by atoms with Gasteiger partial charge in [-0.3, -0.25) is 4.90 Å². The number of piperazine rings is 1. The topological polar surface area (TPSA) is 35.5 Å². The number of halogens is 5. The molecule has 0 saturated carbocycles. The van der Waals surface area contributed by atoms with Crippen LogP contribution in [0.3, 0.4) is 0 Å². The highest BCUT2D eigenvalue weighted by Crippen LogP contribution is 2.39. The second-order valence-corrected chi connectivity index (χ2v) is 5.84. The molecule has 0 bridgehead atoms. The van der Waals surface area contributed by atoms with Crippen LogP contribution in [0.5, 0.6) is 5.75 Å². The molecule has 0 aromatic heterocycles. The third-order valence-electron chi connectivity index (χ3n) is 4.31. The highest BCUT2D eigenvalue weighted by molar-refractivity contribution is 5.91. The SMILES string of the molecule is Cl.Cl.Oc1ccc([C@H](CC(F)(F)F)N2CCNCC2)c2ccccc12. The van der Waals surface area contributed by atoms with Crippen molar-refractivity contribution in [2.24, 2.45) is 0 Å². The Morgan fingerprint density at radius 3 is 2.20 bits per heavy atom. The second kappa shape index (κ2) is 8.94. The number of aromatic hydroxyl groups is 1. The molecule has 0 spiro atoms. The fourth-order valence-electron chi connectivity index (χ4n) is 3.25. The molecule has 1 heterocycles. The monoisotopic (exact) mass is 396 g/mol. The van der Waals surface area contributed by atoms with Crippen molar-refractivity contribution in [1.29, 1.82) is 0 Å². The lowest BCUT2D eigenvalue weighted by Gasteiger charge is -2.36. The number of alkyl halides is 3. The second-order valence-electron chi connectivity index (χ2n) is 5.84. The van der Waals surface area contributed by atoms with Gasteiger partial charge in [0.1, 0.15) is 5.75 Å². The first kappa shape index (κ1) is 21.8. The predicted octanol–water partition coefficient (Wildman–Crippen LogP) is 4.29. The third-order valence-corrected chi connectivity index (χ3v) is 4.31. The van der Waals surface area contributed by atoms with E-state index in [9.17, 15) is 18.3 Å². The molecule has 3 nitrogen and oxygen atoms in total. The van der Waals surface area contributed by atoms with Gasteiger partial charge in [-0.2, -0.15) is 13.2 Å². The molecule has 1 saturated heterocycles. The van der Waals surface area contributed by atoms with Gasteiger partial charge >= 0.3 is 6.18 Å². The highest BCUT2D eigenvalue weighted by Gasteiger charge is 2.36. The highest BCUT2D eigenvalue weighted by atomic mass is 35.5. The summed E-state index contributed by atoms with van der Waals surface area (Å²) >= 11 is 0. The van der Waals surface area contributed by atoms with E-state index >= 15 is 0 Å². The number of hydrogen-bond donors (Lipinski definition) is 2. The Labute approximate surface area is 157 Å². The van der Waals surface area contributed by atoms with Crippen LogP contribution in [-0.2, 0) is 0 Å². The van der Waals surface area contributed by atoms with E-state index in [0.29, 0.717) is 42.5 Å². The molecule has 2 N–H and O–H groups in total. The van der Waals surface area contributed by atoms with Crippen LogP contribution in [0.1, 0.15) is 18.0 Å². The van der Waals surface area contributed by atoms with E-state index in [0.717, 1.165) is 0 Å². The zero-order valence-electron chi connectivity index (χ0n) is 13.4. The number of rotatable bonds is 3. The van der Waals surface area contributed by atoms with Crippen molar-refractivity contribution >= 4 is 35.6 Å². The lowest BCUT2D eigenvalue weighted by Crippen LogP contribution is -2.46. The van der Waals surface area contributed by atoms with E-state index in [4.69, 9.17) is 0 Å². The largest absolute Gasteiger partial charge is 0.507 e. The molecule has 1 aliphatic heterocycles. The lowest BCUT2D eigenvalue weighted by atomic mass is 9.94. The van der Waals surface area contributed by atoms with Gasteiger partial charge < -0.3 is 10.4 Å². The molecule has 2 aromatic carbocycles. The quantitative estimate of drug-likeness (QED) is 0.812. The summed E-state index contributed by atoms with van der Waals surface area (Å²) in [6.45, 7) is 2.53. The predicted molar refractivity (Wildman–Crippen MR) is 98.0 cm³/mol. The molecule has 140 valence electrons. The lowest BCUT2D eigenvalue weighted by molar-refractivity contribution is -0.148. The summed E-state index contributed by atoms with van der Waals surface area (Å²) < 4.78 is 39.4. The van der Waals surface area contributed by atoms with E-state index < -0.39 is 18.6 Å². The zero-order chi connectivity index (χ0) is 16.4. The summed E-state index contributed by atoms with van der Waals surface area (Å²) in [7, 11) is 0. The Bertz CT molecular complexity index is 691. The van der Waals surface area contributed by atoms with Gasteiger partial charge in [0.15, 0.2) is 0 Å². The maximum Gasteiger partial charge on any atom is 0.390 e. The summed E-state index contributed by atoms with van der Waals surface area (Å²) in [5.74, 6) is 0.0930. The van der Waals surface area contributed by atoms with Gasteiger partial charge in [0.25, 0.3) is 0 Å². The van der Waals surface area contributed by atoms with Crippen molar-refractivity contribution in [2.45, 2.75) is 18.6 Å². The Balaban J connectivity index is 0.00000156. The minimum Gasteiger partial charge on any atom is -0.507 e. The van der Waals surface area contributed by atoms with Crippen LogP contribution in [0.2, 0.25) is 0 Å². The first-order chi connectivity index (χ1) is 11.0. The van der Waals surface area contributed by atoms with Gasteiger partial charge in [-0.05, 0) is 17.0 Å². The molecule has 1 fully saturated rings. The van der Waals surface area contributed by atoms with Crippen LogP contribution in [0.15, 0.2) is 36.4 Å². The van der Waals surface area contributed by atoms with Crippen molar-refractivity contribution in [3.05, 3.63) is 42.0 Å². The number of benzene rings is 2. The summed E-state index contributed by atoms with van der Waals surface area (Å²) in [6.07, 6.45) is -5.13. The van der Waals surface area contributed by atoms with Crippen molar-refractivity contribution < 1.29 is 18.3 Å². The number of phenolic OH excluding ortho intramolecular Hbond substituents is 1. The molecule has 2 aromatic rings. The average molecular weight is 397 g/mol. The van der Waals surface area contributed by atoms with Crippen molar-refractivity contribution in [3.63, 3.8) is 0 Å². The summed E-state index contributed by atoms with van der Waals surface area (Å²) in [6, 6.07) is 9.44. The summed E-state index contributed by atoms with van der Waals surface area (Å²) in [5, 5.41) is 14.4. The Morgan fingerprint density at radius 1 is 1.00 bits per heavy atom. The minimum atomic E-state index is -4.24. The van der Waals surface area contributed by atoms with Gasteiger partial charge in [0.2, 0.25) is 0 Å². The maximum absolute atomic E-state index is 13.1. The van der Waals surface area contributed by atoms with Crippen LogP contribution in [0.25, 0.3) is 10.8 Å². The standard InChI is InChI=1S/C17H19F3N2O.2ClH/c18-17(19,20)11-15(22-9-7-21-8-10-22)13-5-6-16(23)14-4-2-1-3-12(13)14;;/h1-6,15,21,23H,7-11H2;2*1H/t15-;;/m0../s1. The first-order valence-electron chi connectivity index (χ1n) is 7.68. The smallest absolute Gasteiger partial charge is 0.390 e. The molecular weight excluding hydrogens is 376 g/mol. The molecule has 0 radical (unpaired) electrons. The van der Waals surface area contributed by atoms with Crippen LogP contribution >= 0.6 is 24.8 Å². The van der Waals surface area contributed by atoms with Gasteiger partial charge in [-0.1, -0.05) is 30.3 Å². The van der Waals surface area contributed by atoms with Crippen LogP contribution in [-0.4, -0.2) is 42.4 Å². The molecule has 0 unspecified atom stereocenters. The third kappa shape index (κ3) is 5.14. The van der Waals surface area contributed by atoms with Crippen LogP contribution in [0, 0.1) is 0 Å². The zero-order valence-corrected chi connectivity index (χ0v) is 15.1. The van der Waals surface area contributed by atoms with E-state index in [2.05, 4.69) is 5.32 Å². The van der Waals surface area contributed by atoms with Crippen molar-refractivity contribution in [2.75, 3.05) is 26.2 Å². The number of nitrogens with one attached hydrogen (secondary N) is 1. The molecule has 1 aliphatic rings. The van der Waals surface area contributed by atoms with E-state index in [-0.39, 0.29) is 30.6 Å². The van der Waals surface area contributed by atoms with Gasteiger partial charge in [-0.15, -0.1) is 24.8 Å². The average Bonchev–Trinajstić information content (AvgIpc) is 2.54. The number of hydrogen-bond acceptors (Lipinski definition) is 3. The molecule has 0 aliphatic carbocycles. The fourth-order valence-corrected chi connectivity index (χ4v) is 3.25. The Morgan fingerprint density at radius 2 is 1.60 bits per heavy atom.